The number of fused-ring (bicyclic) bond motifs is 1. The highest BCUT2D eigenvalue weighted by atomic mass is 16.5. The van der Waals surface area contributed by atoms with Crippen molar-refractivity contribution in [3.63, 3.8) is 0 Å². The Kier molecular flexibility index (Phi) is 6.48. The van der Waals surface area contributed by atoms with E-state index in [2.05, 4.69) is 0 Å². The molecule has 0 bridgehead atoms. The zero-order valence-electron chi connectivity index (χ0n) is 16.2. The number of ketones is 1. The fraction of sp³-hybridized carbons (Fsp3) is 0.304. The van der Waals surface area contributed by atoms with Gasteiger partial charge in [0.2, 0.25) is 0 Å². The van der Waals surface area contributed by atoms with Crippen LogP contribution < -0.4 is 9.47 Å². The molecule has 0 aliphatic heterocycles. The lowest BCUT2D eigenvalue weighted by atomic mass is 9.90. The summed E-state index contributed by atoms with van der Waals surface area (Å²) in [6.45, 7) is -0.281. The van der Waals surface area contributed by atoms with E-state index in [1.165, 1.54) is 30.7 Å². The van der Waals surface area contributed by atoms with Crippen molar-refractivity contribution in [2.24, 2.45) is 0 Å². The highest BCUT2D eigenvalue weighted by molar-refractivity contribution is 5.99. The monoisotopic (exact) mass is 380 g/mol. The summed E-state index contributed by atoms with van der Waals surface area (Å²) in [6.07, 6.45) is 7.27. The number of hydrogen-bond acceptors (Lipinski definition) is 5. The van der Waals surface area contributed by atoms with Crippen LogP contribution in [-0.4, -0.2) is 32.6 Å². The number of hydrogen-bond donors (Lipinski definition) is 0. The molecule has 0 N–H and O–H groups in total. The van der Waals surface area contributed by atoms with Crippen LogP contribution in [0.1, 0.15) is 39.9 Å². The number of aryl methyl sites for hydroxylation is 2. The minimum atomic E-state index is -0.587. The fourth-order valence-corrected chi connectivity index (χ4v) is 3.38. The minimum absolute atomic E-state index is 0.200. The van der Waals surface area contributed by atoms with Crippen LogP contribution in [-0.2, 0) is 22.4 Å². The second kappa shape index (κ2) is 9.22. The van der Waals surface area contributed by atoms with Crippen molar-refractivity contribution in [2.75, 3.05) is 20.8 Å². The molecule has 2 aromatic carbocycles. The molecule has 0 atom stereocenters. The normalized spacial score (nSPS) is 13.1. The predicted octanol–water partition coefficient (Wildman–Crippen LogP) is 4.02. The van der Waals surface area contributed by atoms with Crippen LogP contribution in [0.15, 0.2) is 42.5 Å². The summed E-state index contributed by atoms with van der Waals surface area (Å²) in [7, 11) is 3.08. The largest absolute Gasteiger partial charge is 0.493 e. The molecule has 1 aliphatic carbocycles. The minimum Gasteiger partial charge on any atom is -0.493 e. The average Bonchev–Trinajstić information content (AvgIpc) is 2.75. The van der Waals surface area contributed by atoms with Crippen LogP contribution in [0.25, 0.3) is 6.08 Å². The Balaban J connectivity index is 1.60. The third-order valence-electron chi connectivity index (χ3n) is 4.85. The van der Waals surface area contributed by atoms with Crippen LogP contribution in [0.4, 0.5) is 0 Å². The van der Waals surface area contributed by atoms with Crippen LogP contribution in [0.2, 0.25) is 0 Å². The first-order chi connectivity index (χ1) is 13.6. The first kappa shape index (κ1) is 19.7. The zero-order valence-corrected chi connectivity index (χ0v) is 16.2. The van der Waals surface area contributed by atoms with Crippen LogP contribution in [0.3, 0.4) is 0 Å². The number of carbonyl (C=O) groups is 2. The summed E-state index contributed by atoms with van der Waals surface area (Å²) >= 11 is 0. The Morgan fingerprint density at radius 1 is 1.00 bits per heavy atom. The van der Waals surface area contributed by atoms with Gasteiger partial charge in [0.05, 0.1) is 14.2 Å². The zero-order chi connectivity index (χ0) is 19.9. The summed E-state index contributed by atoms with van der Waals surface area (Å²) in [5, 5.41) is 0. The van der Waals surface area contributed by atoms with Crippen LogP contribution >= 0.6 is 0 Å². The summed E-state index contributed by atoms with van der Waals surface area (Å²) in [4.78, 5) is 24.4. The van der Waals surface area contributed by atoms with Gasteiger partial charge in [0.15, 0.2) is 23.9 Å². The fourth-order valence-electron chi connectivity index (χ4n) is 3.38. The first-order valence-electron chi connectivity index (χ1n) is 9.33. The van der Waals surface area contributed by atoms with E-state index in [9.17, 15) is 9.59 Å². The lowest BCUT2D eigenvalue weighted by molar-refractivity contribution is -0.136. The maximum atomic E-state index is 12.4. The van der Waals surface area contributed by atoms with Gasteiger partial charge in [-0.3, -0.25) is 4.79 Å². The van der Waals surface area contributed by atoms with Gasteiger partial charge in [0.25, 0.3) is 0 Å². The number of ether oxygens (including phenoxy) is 3. The first-order valence-corrected chi connectivity index (χ1v) is 9.33. The van der Waals surface area contributed by atoms with Gasteiger partial charge in [-0.1, -0.05) is 24.3 Å². The van der Waals surface area contributed by atoms with Crippen molar-refractivity contribution in [3.05, 3.63) is 64.7 Å². The topological polar surface area (TPSA) is 61.8 Å². The smallest absolute Gasteiger partial charge is 0.331 e. The quantitative estimate of drug-likeness (QED) is 0.412. The molecular weight excluding hydrogens is 356 g/mol. The Morgan fingerprint density at radius 2 is 1.79 bits per heavy atom. The summed E-state index contributed by atoms with van der Waals surface area (Å²) in [5.74, 6) is 0.310. The van der Waals surface area contributed by atoms with E-state index in [0.29, 0.717) is 22.6 Å². The number of benzene rings is 2. The third-order valence-corrected chi connectivity index (χ3v) is 4.85. The molecule has 0 heterocycles. The molecular formula is C23H24O5. The highest BCUT2D eigenvalue weighted by Gasteiger charge is 2.14. The molecule has 0 saturated heterocycles. The summed E-state index contributed by atoms with van der Waals surface area (Å²) in [6, 6.07) is 11.1. The van der Waals surface area contributed by atoms with Crippen LogP contribution in [0, 0.1) is 0 Å². The molecule has 0 spiro atoms. The van der Waals surface area contributed by atoms with Crippen molar-refractivity contribution in [1.29, 1.82) is 0 Å². The molecule has 146 valence electrons. The number of para-hydroxylation sites is 1. The predicted molar refractivity (Wildman–Crippen MR) is 107 cm³/mol. The SMILES string of the molecule is COc1cccc(/C=C/C(=O)OCC(=O)c2ccc3c(c2)CCCC3)c1OC. The molecule has 5 heteroatoms. The second-order valence-electron chi connectivity index (χ2n) is 6.64. The van der Waals surface area contributed by atoms with Crippen molar-refractivity contribution in [2.45, 2.75) is 25.7 Å². The summed E-state index contributed by atoms with van der Waals surface area (Å²) < 4.78 is 15.7. The van der Waals surface area contributed by atoms with E-state index in [-0.39, 0.29) is 12.4 Å². The Morgan fingerprint density at radius 3 is 2.54 bits per heavy atom. The number of carbonyl (C=O) groups excluding carboxylic acids is 2. The van der Waals surface area contributed by atoms with Gasteiger partial charge in [-0.15, -0.1) is 0 Å². The highest BCUT2D eigenvalue weighted by Crippen LogP contribution is 2.31. The van der Waals surface area contributed by atoms with Gasteiger partial charge >= 0.3 is 5.97 Å². The third kappa shape index (κ3) is 4.60. The Labute approximate surface area is 164 Å². The molecule has 0 radical (unpaired) electrons. The number of methoxy groups -OCH3 is 2. The van der Waals surface area contributed by atoms with Crippen molar-refractivity contribution < 1.29 is 23.8 Å². The van der Waals surface area contributed by atoms with E-state index in [1.807, 2.05) is 18.2 Å². The summed E-state index contributed by atoms with van der Waals surface area (Å²) in [5.41, 5.74) is 3.81. The number of Topliss-reactive ketones (excluding diaryl/α,β-unsaturated/α-hetero) is 1. The number of rotatable bonds is 7. The van der Waals surface area contributed by atoms with Gasteiger partial charge in [0.1, 0.15) is 0 Å². The molecule has 28 heavy (non-hydrogen) atoms. The van der Waals surface area contributed by atoms with E-state index < -0.39 is 5.97 Å². The van der Waals surface area contributed by atoms with E-state index in [4.69, 9.17) is 14.2 Å². The molecule has 0 amide bonds. The Hall–Kier alpha value is -3.08. The standard InChI is InChI=1S/C23H24O5/c1-26-21-9-5-8-17(23(21)27-2)12-13-22(25)28-15-20(24)19-11-10-16-6-3-4-7-18(16)14-19/h5,8-14H,3-4,6-7,15H2,1-2H3/b13-12+. The maximum absolute atomic E-state index is 12.4. The van der Waals surface area contributed by atoms with Crippen LogP contribution in [0.5, 0.6) is 11.5 Å². The second-order valence-corrected chi connectivity index (χ2v) is 6.64. The Bertz CT molecular complexity index is 898. The molecule has 3 rings (SSSR count). The lowest BCUT2D eigenvalue weighted by Gasteiger charge is -2.16. The van der Waals surface area contributed by atoms with E-state index >= 15 is 0 Å². The molecule has 2 aromatic rings. The van der Waals surface area contributed by atoms with Crippen molar-refractivity contribution in [1.82, 2.24) is 0 Å². The maximum Gasteiger partial charge on any atom is 0.331 e. The van der Waals surface area contributed by atoms with Gasteiger partial charge in [0, 0.05) is 17.2 Å². The molecule has 0 saturated carbocycles. The molecule has 1 aliphatic rings. The van der Waals surface area contributed by atoms with Gasteiger partial charge in [-0.05, 0) is 55.0 Å². The van der Waals surface area contributed by atoms with Crippen molar-refractivity contribution >= 4 is 17.8 Å². The molecule has 0 aromatic heterocycles. The van der Waals surface area contributed by atoms with Crippen molar-refractivity contribution in [3.8, 4) is 11.5 Å². The number of esters is 1. The average molecular weight is 380 g/mol. The van der Waals surface area contributed by atoms with Gasteiger partial charge in [-0.25, -0.2) is 4.79 Å². The van der Waals surface area contributed by atoms with Gasteiger partial charge < -0.3 is 14.2 Å². The molecule has 0 unspecified atom stereocenters. The van der Waals surface area contributed by atoms with Gasteiger partial charge in [-0.2, -0.15) is 0 Å². The van der Waals surface area contributed by atoms with E-state index in [1.54, 1.807) is 31.4 Å². The molecule has 0 fully saturated rings. The molecule has 5 nitrogen and oxygen atoms in total. The lowest BCUT2D eigenvalue weighted by Crippen LogP contribution is -2.13. The van der Waals surface area contributed by atoms with E-state index in [0.717, 1.165) is 19.3 Å².